The summed E-state index contributed by atoms with van der Waals surface area (Å²) in [7, 11) is 0. The Morgan fingerprint density at radius 1 is 1.27 bits per heavy atom. The highest BCUT2D eigenvalue weighted by atomic mass is 16.5. The zero-order valence-corrected chi connectivity index (χ0v) is 8.68. The minimum absolute atomic E-state index is 0.188. The summed E-state index contributed by atoms with van der Waals surface area (Å²) < 4.78 is 5.39. The first-order valence-electron chi connectivity index (χ1n) is 4.67. The molecule has 0 bridgehead atoms. The van der Waals surface area contributed by atoms with Crippen molar-refractivity contribution in [3.8, 4) is 5.75 Å². The molecule has 0 aliphatic rings. The summed E-state index contributed by atoms with van der Waals surface area (Å²) in [6.07, 6.45) is 4.74. The van der Waals surface area contributed by atoms with Gasteiger partial charge in [-0.25, -0.2) is 0 Å². The van der Waals surface area contributed by atoms with Gasteiger partial charge in [-0.05, 0) is 37.3 Å². The Morgan fingerprint density at radius 2 is 1.93 bits per heavy atom. The molecule has 78 valence electrons. The Labute approximate surface area is 89.8 Å². The summed E-state index contributed by atoms with van der Waals surface area (Å²) in [6, 6.07) is 9.37. The highest BCUT2D eigenvalue weighted by molar-refractivity contribution is 5.26. The van der Waals surface area contributed by atoms with Crippen LogP contribution in [0, 0.1) is 0 Å². The van der Waals surface area contributed by atoms with Gasteiger partial charge in [-0.1, -0.05) is 24.8 Å². The van der Waals surface area contributed by atoms with Crippen LogP contribution >= 0.6 is 0 Å². The number of aliphatic hydroxyl groups is 1. The fourth-order valence-electron chi connectivity index (χ4n) is 0.948. The third kappa shape index (κ3) is 4.18. The van der Waals surface area contributed by atoms with Crippen LogP contribution in [0.15, 0.2) is 66.7 Å². The number of hydrogen-bond donors (Lipinski definition) is 1. The zero-order chi connectivity index (χ0) is 11.1. The maximum absolute atomic E-state index is 9.15. The van der Waals surface area contributed by atoms with E-state index in [1.54, 1.807) is 19.1 Å². The van der Waals surface area contributed by atoms with Crippen LogP contribution in [0.4, 0.5) is 0 Å². The molecule has 0 unspecified atom stereocenters. The van der Waals surface area contributed by atoms with Crippen molar-refractivity contribution in [2.75, 3.05) is 0 Å². The lowest BCUT2D eigenvalue weighted by atomic mass is 10.3. The summed E-state index contributed by atoms with van der Waals surface area (Å²) in [4.78, 5) is 0. The van der Waals surface area contributed by atoms with Crippen molar-refractivity contribution in [2.45, 2.75) is 6.92 Å². The predicted octanol–water partition coefficient (Wildman–Crippen LogP) is 3.60. The minimum atomic E-state index is 0.188. The Morgan fingerprint density at radius 3 is 2.53 bits per heavy atom. The average molecular weight is 202 g/mol. The van der Waals surface area contributed by atoms with Gasteiger partial charge in [0.15, 0.2) is 0 Å². The van der Waals surface area contributed by atoms with E-state index in [1.807, 2.05) is 30.3 Å². The van der Waals surface area contributed by atoms with Gasteiger partial charge in [-0.2, -0.15) is 0 Å². The third-order valence-electron chi connectivity index (χ3n) is 1.73. The van der Waals surface area contributed by atoms with E-state index in [2.05, 4.69) is 6.58 Å². The molecule has 0 aliphatic carbocycles. The molecular formula is C13H14O2. The van der Waals surface area contributed by atoms with Gasteiger partial charge in [-0.15, -0.1) is 0 Å². The van der Waals surface area contributed by atoms with Gasteiger partial charge in [-0.3, -0.25) is 0 Å². The Balaban J connectivity index is 2.54. The maximum Gasteiger partial charge on any atom is 0.127 e. The summed E-state index contributed by atoms with van der Waals surface area (Å²) in [6.45, 7) is 5.46. The Hall–Kier alpha value is -1.96. The summed E-state index contributed by atoms with van der Waals surface area (Å²) >= 11 is 0. The predicted molar refractivity (Wildman–Crippen MR) is 61.7 cm³/mol. The lowest BCUT2D eigenvalue weighted by Gasteiger charge is -2.03. The van der Waals surface area contributed by atoms with Crippen LogP contribution in [0.2, 0.25) is 0 Å². The van der Waals surface area contributed by atoms with Crippen LogP contribution in [-0.2, 0) is 0 Å². The van der Waals surface area contributed by atoms with Crippen LogP contribution in [0.25, 0.3) is 0 Å². The van der Waals surface area contributed by atoms with Crippen molar-refractivity contribution in [3.63, 3.8) is 0 Å². The highest BCUT2D eigenvalue weighted by Gasteiger charge is 1.92. The number of benzene rings is 1. The molecule has 1 aromatic carbocycles. The second-order valence-electron chi connectivity index (χ2n) is 2.93. The largest absolute Gasteiger partial charge is 0.508 e. The van der Waals surface area contributed by atoms with Crippen LogP contribution in [0.3, 0.4) is 0 Å². The van der Waals surface area contributed by atoms with Crippen molar-refractivity contribution < 1.29 is 9.84 Å². The first-order chi connectivity index (χ1) is 7.22. The third-order valence-corrected chi connectivity index (χ3v) is 1.73. The molecule has 1 N–H and O–H groups in total. The molecule has 0 radical (unpaired) electrons. The Kier molecular flexibility index (Phi) is 4.23. The highest BCUT2D eigenvalue weighted by Crippen LogP contribution is 2.12. The molecule has 0 aromatic heterocycles. The number of para-hydroxylation sites is 1. The first kappa shape index (κ1) is 11.1. The van der Waals surface area contributed by atoms with Gasteiger partial charge in [0.2, 0.25) is 0 Å². The second-order valence-corrected chi connectivity index (χ2v) is 2.93. The molecule has 0 saturated heterocycles. The van der Waals surface area contributed by atoms with Gasteiger partial charge < -0.3 is 9.84 Å². The quantitative estimate of drug-likeness (QED) is 0.597. The van der Waals surface area contributed by atoms with Gasteiger partial charge in [0, 0.05) is 0 Å². The smallest absolute Gasteiger partial charge is 0.127 e. The number of hydrogen-bond acceptors (Lipinski definition) is 2. The standard InChI is InChI=1S/C13H14O2/c1-3-12(14)10-9-11(2)15-13-7-5-4-6-8-13/h3-10,14H,2H2,1H3/b10-9-,12-3+. The molecule has 0 spiro atoms. The average Bonchev–Trinajstić information content (AvgIpc) is 2.27. The number of allylic oxidation sites excluding steroid dienone is 3. The fourth-order valence-corrected chi connectivity index (χ4v) is 0.948. The SMILES string of the molecule is C=C(/C=C\C(O)=C/C)Oc1ccccc1. The molecule has 0 aliphatic heterocycles. The molecule has 0 saturated carbocycles. The maximum atomic E-state index is 9.15. The molecule has 2 heteroatoms. The van der Waals surface area contributed by atoms with Crippen molar-refractivity contribution in [2.24, 2.45) is 0 Å². The van der Waals surface area contributed by atoms with Crippen molar-refractivity contribution in [1.29, 1.82) is 0 Å². The monoisotopic (exact) mass is 202 g/mol. The summed E-state index contributed by atoms with van der Waals surface area (Å²) in [5.41, 5.74) is 0. The van der Waals surface area contributed by atoms with Gasteiger partial charge >= 0.3 is 0 Å². The van der Waals surface area contributed by atoms with E-state index in [1.165, 1.54) is 6.08 Å². The van der Waals surface area contributed by atoms with E-state index in [-0.39, 0.29) is 5.76 Å². The van der Waals surface area contributed by atoms with Crippen molar-refractivity contribution in [1.82, 2.24) is 0 Å². The van der Waals surface area contributed by atoms with E-state index >= 15 is 0 Å². The van der Waals surface area contributed by atoms with Crippen LogP contribution in [0.1, 0.15) is 6.92 Å². The van der Waals surface area contributed by atoms with Gasteiger partial charge in [0.1, 0.15) is 17.3 Å². The van der Waals surface area contributed by atoms with Crippen molar-refractivity contribution in [3.05, 3.63) is 66.7 Å². The molecule has 0 fully saturated rings. The zero-order valence-electron chi connectivity index (χ0n) is 8.68. The van der Waals surface area contributed by atoms with E-state index < -0.39 is 0 Å². The van der Waals surface area contributed by atoms with Gasteiger partial charge in [0.25, 0.3) is 0 Å². The summed E-state index contributed by atoms with van der Waals surface area (Å²) in [5.74, 6) is 1.40. The molecule has 0 amide bonds. The van der Waals surface area contributed by atoms with E-state index in [9.17, 15) is 0 Å². The topological polar surface area (TPSA) is 29.5 Å². The summed E-state index contributed by atoms with van der Waals surface area (Å²) in [5, 5.41) is 9.15. The molecule has 1 aromatic rings. The fraction of sp³-hybridized carbons (Fsp3) is 0.0769. The van der Waals surface area contributed by atoms with Crippen LogP contribution in [0.5, 0.6) is 5.75 Å². The van der Waals surface area contributed by atoms with Crippen LogP contribution in [-0.4, -0.2) is 5.11 Å². The molecule has 15 heavy (non-hydrogen) atoms. The van der Waals surface area contributed by atoms with Gasteiger partial charge in [0.05, 0.1) is 0 Å². The van der Waals surface area contributed by atoms with Crippen LogP contribution < -0.4 is 4.74 Å². The lowest BCUT2D eigenvalue weighted by molar-refractivity contribution is 0.426. The molecule has 1 rings (SSSR count). The number of rotatable bonds is 4. The normalized spacial score (nSPS) is 11.7. The Bertz CT molecular complexity index is 375. The second kappa shape index (κ2) is 5.70. The van der Waals surface area contributed by atoms with E-state index in [0.717, 1.165) is 5.75 Å². The molecule has 2 nitrogen and oxygen atoms in total. The number of ether oxygens (including phenoxy) is 1. The molecule has 0 atom stereocenters. The lowest BCUT2D eigenvalue weighted by Crippen LogP contribution is -1.89. The van der Waals surface area contributed by atoms with E-state index in [4.69, 9.17) is 9.84 Å². The minimum Gasteiger partial charge on any atom is -0.508 e. The molecule has 0 heterocycles. The first-order valence-corrected chi connectivity index (χ1v) is 4.67. The van der Waals surface area contributed by atoms with E-state index in [0.29, 0.717) is 5.76 Å². The molecular weight excluding hydrogens is 188 g/mol. The number of aliphatic hydroxyl groups excluding tert-OH is 1. The van der Waals surface area contributed by atoms with Crippen molar-refractivity contribution >= 4 is 0 Å².